The highest BCUT2D eigenvalue weighted by Gasteiger charge is 2.25. The third-order valence-corrected chi connectivity index (χ3v) is 3.51. The molecule has 1 saturated heterocycles. The van der Waals surface area contributed by atoms with E-state index >= 15 is 0 Å². The summed E-state index contributed by atoms with van der Waals surface area (Å²) in [5, 5.41) is 0. The Bertz CT molecular complexity index is 598. The monoisotopic (exact) mass is 289 g/mol. The number of carbonyl (C=O) groups is 1. The van der Waals surface area contributed by atoms with Gasteiger partial charge < -0.3 is 9.64 Å². The van der Waals surface area contributed by atoms with E-state index in [2.05, 4.69) is 4.98 Å². The molecule has 1 unspecified atom stereocenters. The highest BCUT2D eigenvalue weighted by Crippen LogP contribution is 2.13. The van der Waals surface area contributed by atoms with Crippen LogP contribution in [-0.2, 0) is 11.2 Å². The standard InChI is InChI=1S/C15H16FN3O2/c16-13-3-1-12(2-4-13)9-14-10-18(7-8-21-14)15(20)19-6-5-17-11-19/h1-6,11,14H,7-10H2. The maximum Gasteiger partial charge on any atom is 0.329 e. The molecular weight excluding hydrogens is 273 g/mol. The van der Waals surface area contributed by atoms with Gasteiger partial charge >= 0.3 is 6.03 Å². The number of imidazole rings is 1. The molecule has 1 fully saturated rings. The Morgan fingerprint density at radius 2 is 2.19 bits per heavy atom. The maximum atomic E-state index is 12.9. The van der Waals surface area contributed by atoms with Gasteiger partial charge in [0.25, 0.3) is 0 Å². The van der Waals surface area contributed by atoms with Crippen LogP contribution in [0.25, 0.3) is 0 Å². The van der Waals surface area contributed by atoms with Crippen LogP contribution in [0.2, 0.25) is 0 Å². The van der Waals surface area contributed by atoms with Crippen molar-refractivity contribution in [2.45, 2.75) is 12.5 Å². The zero-order valence-electron chi connectivity index (χ0n) is 11.5. The molecule has 1 aliphatic heterocycles. The summed E-state index contributed by atoms with van der Waals surface area (Å²) < 4.78 is 20.1. The number of ether oxygens (including phenoxy) is 1. The normalized spacial score (nSPS) is 18.7. The molecule has 1 atom stereocenters. The molecule has 2 heterocycles. The van der Waals surface area contributed by atoms with Crippen molar-refractivity contribution in [2.75, 3.05) is 19.7 Å². The number of nitrogens with zero attached hydrogens (tertiary/aromatic N) is 3. The molecule has 110 valence electrons. The van der Waals surface area contributed by atoms with E-state index < -0.39 is 0 Å². The first-order valence-corrected chi connectivity index (χ1v) is 6.85. The van der Waals surface area contributed by atoms with Crippen molar-refractivity contribution in [3.63, 3.8) is 0 Å². The number of rotatable bonds is 2. The number of carbonyl (C=O) groups excluding carboxylic acids is 1. The predicted octanol–water partition coefficient (Wildman–Crippen LogP) is 1.93. The van der Waals surface area contributed by atoms with Crippen LogP contribution < -0.4 is 0 Å². The summed E-state index contributed by atoms with van der Waals surface area (Å²) in [5.41, 5.74) is 0.998. The van der Waals surface area contributed by atoms with E-state index in [0.717, 1.165) is 5.56 Å². The van der Waals surface area contributed by atoms with Crippen molar-refractivity contribution in [2.24, 2.45) is 0 Å². The molecule has 0 spiro atoms. The lowest BCUT2D eigenvalue weighted by atomic mass is 10.1. The summed E-state index contributed by atoms with van der Waals surface area (Å²) in [5.74, 6) is -0.250. The molecule has 1 amide bonds. The number of morpholine rings is 1. The minimum Gasteiger partial charge on any atom is -0.374 e. The number of hydrogen-bond donors (Lipinski definition) is 0. The molecule has 1 aliphatic rings. The average molecular weight is 289 g/mol. The van der Waals surface area contributed by atoms with Crippen LogP contribution in [0, 0.1) is 5.82 Å². The summed E-state index contributed by atoms with van der Waals surface area (Å²) in [6.07, 6.45) is 5.29. The van der Waals surface area contributed by atoms with Gasteiger partial charge in [-0.2, -0.15) is 0 Å². The molecule has 1 aromatic heterocycles. The van der Waals surface area contributed by atoms with Gasteiger partial charge in [0.1, 0.15) is 12.1 Å². The third kappa shape index (κ3) is 3.28. The van der Waals surface area contributed by atoms with Crippen LogP contribution in [0.1, 0.15) is 5.56 Å². The van der Waals surface area contributed by atoms with E-state index in [1.165, 1.54) is 23.0 Å². The van der Waals surface area contributed by atoms with Gasteiger partial charge in [0.15, 0.2) is 0 Å². The second kappa shape index (κ2) is 6.05. The first-order chi connectivity index (χ1) is 10.2. The second-order valence-electron chi connectivity index (χ2n) is 5.02. The molecular formula is C15H16FN3O2. The molecule has 3 rings (SSSR count). The van der Waals surface area contributed by atoms with Gasteiger partial charge in [0.2, 0.25) is 0 Å². The number of aromatic nitrogens is 2. The van der Waals surface area contributed by atoms with Gasteiger partial charge in [-0.1, -0.05) is 12.1 Å². The first-order valence-electron chi connectivity index (χ1n) is 6.85. The molecule has 0 N–H and O–H groups in total. The molecule has 6 heteroatoms. The molecule has 0 radical (unpaired) electrons. The largest absolute Gasteiger partial charge is 0.374 e. The van der Waals surface area contributed by atoms with Crippen molar-refractivity contribution in [1.29, 1.82) is 0 Å². The molecule has 21 heavy (non-hydrogen) atoms. The predicted molar refractivity (Wildman–Crippen MR) is 74.4 cm³/mol. The van der Waals surface area contributed by atoms with Crippen molar-refractivity contribution in [3.8, 4) is 0 Å². The number of halogens is 1. The van der Waals surface area contributed by atoms with Crippen LogP contribution in [0.4, 0.5) is 9.18 Å². The van der Waals surface area contributed by atoms with Crippen LogP contribution in [0.15, 0.2) is 43.0 Å². The van der Waals surface area contributed by atoms with Crippen molar-refractivity contribution >= 4 is 6.03 Å². The van der Waals surface area contributed by atoms with Crippen molar-refractivity contribution in [3.05, 3.63) is 54.4 Å². The van der Waals surface area contributed by atoms with Crippen LogP contribution >= 0.6 is 0 Å². The minimum absolute atomic E-state index is 0.0725. The molecule has 0 aliphatic carbocycles. The van der Waals surface area contributed by atoms with E-state index in [-0.39, 0.29) is 18.0 Å². The van der Waals surface area contributed by atoms with E-state index in [9.17, 15) is 9.18 Å². The molecule has 1 aromatic carbocycles. The van der Waals surface area contributed by atoms with Gasteiger partial charge in [0.05, 0.1) is 12.7 Å². The van der Waals surface area contributed by atoms with Crippen molar-refractivity contribution in [1.82, 2.24) is 14.5 Å². The van der Waals surface area contributed by atoms with Crippen LogP contribution in [0.5, 0.6) is 0 Å². The lowest BCUT2D eigenvalue weighted by Crippen LogP contribution is -2.47. The summed E-state index contributed by atoms with van der Waals surface area (Å²) in [6, 6.07) is 6.27. The fourth-order valence-electron chi connectivity index (χ4n) is 2.44. The van der Waals surface area contributed by atoms with E-state index in [1.54, 1.807) is 29.4 Å². The van der Waals surface area contributed by atoms with Gasteiger partial charge in [-0.25, -0.2) is 14.2 Å². The highest BCUT2D eigenvalue weighted by molar-refractivity contribution is 5.76. The Hall–Kier alpha value is -2.21. The Kier molecular flexibility index (Phi) is 3.96. The van der Waals surface area contributed by atoms with E-state index in [0.29, 0.717) is 26.1 Å². The second-order valence-corrected chi connectivity index (χ2v) is 5.02. The molecule has 2 aromatic rings. The summed E-state index contributed by atoms with van der Waals surface area (Å²) in [7, 11) is 0. The zero-order chi connectivity index (χ0) is 14.7. The lowest BCUT2D eigenvalue weighted by molar-refractivity contribution is -0.0131. The SMILES string of the molecule is O=C(N1CCOC(Cc2ccc(F)cc2)C1)n1ccnc1. The van der Waals surface area contributed by atoms with Crippen LogP contribution in [-0.4, -0.2) is 46.3 Å². The number of hydrogen-bond acceptors (Lipinski definition) is 3. The topological polar surface area (TPSA) is 47.4 Å². The Labute approximate surface area is 122 Å². The number of amides is 1. The summed E-state index contributed by atoms with van der Waals surface area (Å²) in [4.78, 5) is 17.9. The lowest BCUT2D eigenvalue weighted by Gasteiger charge is -2.32. The Morgan fingerprint density at radius 1 is 1.38 bits per heavy atom. The quantitative estimate of drug-likeness (QED) is 0.849. The van der Waals surface area contributed by atoms with E-state index in [4.69, 9.17) is 4.74 Å². The average Bonchev–Trinajstić information content (AvgIpc) is 3.03. The fraction of sp³-hybridized carbons (Fsp3) is 0.333. The van der Waals surface area contributed by atoms with Gasteiger partial charge in [-0.15, -0.1) is 0 Å². The first kappa shape index (κ1) is 13.8. The molecule has 0 saturated carbocycles. The van der Waals surface area contributed by atoms with E-state index in [1.807, 2.05) is 0 Å². The molecule has 5 nitrogen and oxygen atoms in total. The minimum atomic E-state index is -0.250. The Morgan fingerprint density at radius 3 is 2.90 bits per heavy atom. The smallest absolute Gasteiger partial charge is 0.329 e. The highest BCUT2D eigenvalue weighted by atomic mass is 19.1. The maximum absolute atomic E-state index is 12.9. The van der Waals surface area contributed by atoms with Gasteiger partial charge in [0, 0.05) is 31.9 Å². The summed E-state index contributed by atoms with van der Waals surface area (Å²) in [6.45, 7) is 1.59. The Balaban J connectivity index is 1.63. The number of benzene rings is 1. The van der Waals surface area contributed by atoms with Crippen molar-refractivity contribution < 1.29 is 13.9 Å². The van der Waals surface area contributed by atoms with Gasteiger partial charge in [-0.05, 0) is 17.7 Å². The summed E-state index contributed by atoms with van der Waals surface area (Å²) >= 11 is 0. The van der Waals surface area contributed by atoms with Gasteiger partial charge in [-0.3, -0.25) is 4.57 Å². The zero-order valence-corrected chi connectivity index (χ0v) is 11.5. The third-order valence-electron chi connectivity index (χ3n) is 3.51. The molecule has 0 bridgehead atoms. The fourth-order valence-corrected chi connectivity index (χ4v) is 2.44. The van der Waals surface area contributed by atoms with Crippen LogP contribution in [0.3, 0.4) is 0 Å².